The number of fused-ring (bicyclic) bond motifs is 3. The van der Waals surface area contributed by atoms with Crippen LogP contribution in [0.15, 0.2) is 24.3 Å². The molecular formula is C18H20N2O3. The number of rotatable bonds is 2. The smallest absolute Gasteiger partial charge is 0.307 e. The molecule has 1 fully saturated rings. The summed E-state index contributed by atoms with van der Waals surface area (Å²) in [5, 5.41) is 10.5. The van der Waals surface area contributed by atoms with E-state index in [0.29, 0.717) is 13.1 Å². The Bertz CT molecular complexity index is 821. The van der Waals surface area contributed by atoms with Crippen molar-refractivity contribution >= 4 is 22.8 Å². The first-order chi connectivity index (χ1) is 10.9. The maximum Gasteiger partial charge on any atom is 0.307 e. The summed E-state index contributed by atoms with van der Waals surface area (Å²) in [6.07, 6.45) is 0.792. The third-order valence-corrected chi connectivity index (χ3v) is 5.55. The molecular weight excluding hydrogens is 292 g/mol. The van der Waals surface area contributed by atoms with E-state index in [1.165, 1.54) is 11.3 Å². The van der Waals surface area contributed by atoms with E-state index in [1.54, 1.807) is 0 Å². The second kappa shape index (κ2) is 4.60. The highest BCUT2D eigenvalue weighted by Gasteiger charge is 2.66. The molecule has 0 bridgehead atoms. The number of H-pyrrole nitrogens is 1. The Balaban J connectivity index is 1.61. The SMILES string of the molecule is CC1(C)[C@@H](C(=O)O)[C@@H]1C(=O)N1CCc2[nH]c3ccccc3c2C1. The first-order valence-corrected chi connectivity index (χ1v) is 8.01. The lowest BCUT2D eigenvalue weighted by molar-refractivity contribution is -0.142. The number of amides is 1. The minimum atomic E-state index is -0.863. The molecule has 2 aromatic rings. The van der Waals surface area contributed by atoms with Crippen molar-refractivity contribution in [1.82, 2.24) is 9.88 Å². The van der Waals surface area contributed by atoms with Gasteiger partial charge in [0.15, 0.2) is 0 Å². The Hall–Kier alpha value is -2.30. The standard InChI is InChI=1S/C18H20N2O3/c1-18(2)14(15(18)17(22)23)16(21)20-8-7-13-11(9-20)10-5-3-4-6-12(10)19-13/h3-6,14-15,19H,7-9H2,1-2H3,(H,22,23)/t14-,15-/m1/s1. The van der Waals surface area contributed by atoms with Crippen LogP contribution < -0.4 is 0 Å². The van der Waals surface area contributed by atoms with Gasteiger partial charge in [0, 0.05) is 41.7 Å². The number of carboxylic acid groups (broad SMARTS) is 1. The molecule has 1 saturated carbocycles. The quantitative estimate of drug-likeness (QED) is 0.894. The maximum absolute atomic E-state index is 12.8. The van der Waals surface area contributed by atoms with Crippen molar-refractivity contribution in [3.05, 3.63) is 35.5 Å². The number of benzene rings is 1. The number of hydrogen-bond acceptors (Lipinski definition) is 2. The zero-order valence-corrected chi connectivity index (χ0v) is 13.3. The Morgan fingerprint density at radius 1 is 1.26 bits per heavy atom. The van der Waals surface area contributed by atoms with Crippen LogP contribution in [-0.4, -0.2) is 33.4 Å². The number of nitrogens with one attached hydrogen (secondary N) is 1. The minimum absolute atomic E-state index is 0.0154. The van der Waals surface area contributed by atoms with Crippen LogP contribution >= 0.6 is 0 Å². The Kier molecular flexibility index (Phi) is 2.86. The topological polar surface area (TPSA) is 73.4 Å². The third-order valence-electron chi connectivity index (χ3n) is 5.55. The van der Waals surface area contributed by atoms with Crippen LogP contribution in [0, 0.1) is 17.3 Å². The van der Waals surface area contributed by atoms with Gasteiger partial charge in [-0.3, -0.25) is 9.59 Å². The first kappa shape index (κ1) is 14.3. The molecule has 1 aliphatic heterocycles. The molecule has 5 nitrogen and oxygen atoms in total. The Morgan fingerprint density at radius 2 is 2.00 bits per heavy atom. The van der Waals surface area contributed by atoms with E-state index in [4.69, 9.17) is 0 Å². The molecule has 1 aromatic heterocycles. The number of nitrogens with zero attached hydrogens (tertiary/aromatic N) is 1. The normalized spacial score (nSPS) is 25.2. The van der Waals surface area contributed by atoms with Crippen molar-refractivity contribution in [2.45, 2.75) is 26.8 Å². The van der Waals surface area contributed by atoms with Gasteiger partial charge in [-0.25, -0.2) is 0 Å². The summed E-state index contributed by atoms with van der Waals surface area (Å²) in [7, 11) is 0. The van der Waals surface area contributed by atoms with Gasteiger partial charge in [-0.15, -0.1) is 0 Å². The number of aromatic amines is 1. The van der Waals surface area contributed by atoms with Crippen LogP contribution in [0.4, 0.5) is 0 Å². The fourth-order valence-corrected chi connectivity index (χ4v) is 4.11. The van der Waals surface area contributed by atoms with Crippen LogP contribution in [0.5, 0.6) is 0 Å². The minimum Gasteiger partial charge on any atom is -0.481 e. The number of aliphatic carboxylic acids is 1. The maximum atomic E-state index is 12.8. The molecule has 120 valence electrons. The molecule has 1 amide bonds. The highest BCUT2D eigenvalue weighted by Crippen LogP contribution is 2.59. The second-order valence-electron chi connectivity index (χ2n) is 7.25. The molecule has 0 spiro atoms. The largest absolute Gasteiger partial charge is 0.481 e. The fourth-order valence-electron chi connectivity index (χ4n) is 4.11. The van der Waals surface area contributed by atoms with Crippen molar-refractivity contribution in [3.8, 4) is 0 Å². The number of carbonyl (C=O) groups is 2. The van der Waals surface area contributed by atoms with E-state index in [9.17, 15) is 14.7 Å². The van der Waals surface area contributed by atoms with Crippen LogP contribution in [0.3, 0.4) is 0 Å². The van der Waals surface area contributed by atoms with Crippen molar-refractivity contribution < 1.29 is 14.7 Å². The number of hydrogen-bond donors (Lipinski definition) is 2. The molecule has 2 aliphatic rings. The Morgan fingerprint density at radius 3 is 2.70 bits per heavy atom. The molecule has 5 heteroatoms. The lowest BCUT2D eigenvalue weighted by Gasteiger charge is -2.28. The molecule has 2 heterocycles. The van der Waals surface area contributed by atoms with E-state index in [2.05, 4.69) is 11.1 Å². The average molecular weight is 312 g/mol. The lowest BCUT2D eigenvalue weighted by Crippen LogP contribution is -2.37. The molecule has 2 atom stereocenters. The molecule has 4 rings (SSSR count). The van der Waals surface area contributed by atoms with Crippen molar-refractivity contribution in [3.63, 3.8) is 0 Å². The fraction of sp³-hybridized carbons (Fsp3) is 0.444. The second-order valence-corrected chi connectivity index (χ2v) is 7.25. The molecule has 0 unspecified atom stereocenters. The van der Waals surface area contributed by atoms with E-state index >= 15 is 0 Å². The summed E-state index contributed by atoms with van der Waals surface area (Å²) in [6.45, 7) is 4.96. The average Bonchev–Trinajstić information content (AvgIpc) is 2.93. The van der Waals surface area contributed by atoms with Gasteiger partial charge in [0.1, 0.15) is 0 Å². The monoisotopic (exact) mass is 312 g/mol. The van der Waals surface area contributed by atoms with Gasteiger partial charge in [-0.1, -0.05) is 32.0 Å². The summed E-state index contributed by atoms with van der Waals surface area (Å²) in [6, 6.07) is 8.11. The van der Waals surface area contributed by atoms with Gasteiger partial charge in [-0.05, 0) is 11.5 Å². The summed E-state index contributed by atoms with van der Waals surface area (Å²) in [4.78, 5) is 29.4. The van der Waals surface area contributed by atoms with Gasteiger partial charge >= 0.3 is 5.97 Å². The van der Waals surface area contributed by atoms with E-state index in [1.807, 2.05) is 36.9 Å². The number of carboxylic acids is 1. The van der Waals surface area contributed by atoms with Crippen molar-refractivity contribution in [2.75, 3.05) is 6.54 Å². The Labute approximate surface area is 134 Å². The van der Waals surface area contributed by atoms with E-state index in [0.717, 1.165) is 17.3 Å². The van der Waals surface area contributed by atoms with Crippen LogP contribution in [0.1, 0.15) is 25.1 Å². The predicted molar refractivity (Wildman–Crippen MR) is 85.8 cm³/mol. The van der Waals surface area contributed by atoms with Gasteiger partial charge < -0.3 is 15.0 Å². The third kappa shape index (κ3) is 1.99. The number of carbonyl (C=O) groups excluding carboxylic acids is 1. The van der Waals surface area contributed by atoms with Gasteiger partial charge in [0.25, 0.3) is 0 Å². The first-order valence-electron chi connectivity index (χ1n) is 8.01. The zero-order valence-electron chi connectivity index (χ0n) is 13.3. The van der Waals surface area contributed by atoms with E-state index < -0.39 is 23.2 Å². The predicted octanol–water partition coefficient (Wildman–Crippen LogP) is 2.41. The van der Waals surface area contributed by atoms with Crippen LogP contribution in [-0.2, 0) is 22.6 Å². The van der Waals surface area contributed by atoms with Gasteiger partial charge in [0.2, 0.25) is 5.91 Å². The van der Waals surface area contributed by atoms with E-state index in [-0.39, 0.29) is 5.91 Å². The molecule has 2 N–H and O–H groups in total. The summed E-state index contributed by atoms with van der Waals surface area (Å²) in [5.74, 6) is -1.83. The molecule has 1 aromatic carbocycles. The highest BCUT2D eigenvalue weighted by molar-refractivity contribution is 5.92. The van der Waals surface area contributed by atoms with Crippen molar-refractivity contribution in [1.29, 1.82) is 0 Å². The van der Waals surface area contributed by atoms with Crippen LogP contribution in [0.2, 0.25) is 0 Å². The number of aromatic nitrogens is 1. The van der Waals surface area contributed by atoms with Crippen molar-refractivity contribution in [2.24, 2.45) is 17.3 Å². The van der Waals surface area contributed by atoms with Gasteiger partial charge in [-0.2, -0.15) is 0 Å². The molecule has 0 saturated heterocycles. The van der Waals surface area contributed by atoms with Gasteiger partial charge in [0.05, 0.1) is 11.8 Å². The highest BCUT2D eigenvalue weighted by atomic mass is 16.4. The summed E-state index contributed by atoms with van der Waals surface area (Å²) in [5.41, 5.74) is 3.02. The van der Waals surface area contributed by atoms with Crippen LogP contribution in [0.25, 0.3) is 10.9 Å². The summed E-state index contributed by atoms with van der Waals surface area (Å²) >= 11 is 0. The molecule has 23 heavy (non-hydrogen) atoms. The molecule has 0 radical (unpaired) electrons. The molecule has 1 aliphatic carbocycles. The lowest BCUT2D eigenvalue weighted by atomic mass is 10.0. The number of para-hydroxylation sites is 1. The summed E-state index contributed by atoms with van der Waals surface area (Å²) < 4.78 is 0. The zero-order chi connectivity index (χ0) is 16.4.